The van der Waals surface area contributed by atoms with Crippen LogP contribution in [0.4, 0.5) is 0 Å². The summed E-state index contributed by atoms with van der Waals surface area (Å²) in [6.45, 7) is 3.26. The maximum absolute atomic E-state index is 13.0. The molecule has 2 aromatic rings. The minimum atomic E-state index is -0.326. The van der Waals surface area contributed by atoms with Gasteiger partial charge in [0.25, 0.3) is 0 Å². The van der Waals surface area contributed by atoms with Crippen LogP contribution in [-0.4, -0.2) is 64.5 Å². The van der Waals surface area contributed by atoms with Crippen LogP contribution in [0.15, 0.2) is 36.5 Å². The average Bonchev–Trinajstić information content (AvgIpc) is 3.24. The Bertz CT molecular complexity index is 842. The molecule has 1 aromatic carbocycles. The fourth-order valence-electron chi connectivity index (χ4n) is 4.72. The van der Waals surface area contributed by atoms with E-state index in [1.54, 1.807) is 0 Å². The highest BCUT2D eigenvalue weighted by Gasteiger charge is 2.32. The van der Waals surface area contributed by atoms with Crippen LogP contribution >= 0.6 is 0 Å². The number of likely N-dealkylation sites (tertiary alicyclic amines) is 2. The van der Waals surface area contributed by atoms with Crippen molar-refractivity contribution in [1.29, 1.82) is 0 Å². The molecule has 0 bridgehead atoms. The summed E-state index contributed by atoms with van der Waals surface area (Å²) in [4.78, 5) is 28.2. The summed E-state index contributed by atoms with van der Waals surface area (Å²) in [6, 6.07) is 10.3. The number of primary amides is 1. The van der Waals surface area contributed by atoms with E-state index in [0.29, 0.717) is 12.5 Å². The van der Waals surface area contributed by atoms with Gasteiger partial charge in [-0.2, -0.15) is 5.10 Å². The van der Waals surface area contributed by atoms with Crippen molar-refractivity contribution < 1.29 is 9.59 Å². The summed E-state index contributed by atoms with van der Waals surface area (Å²) in [7, 11) is 0. The van der Waals surface area contributed by atoms with Gasteiger partial charge in [0.1, 0.15) is 0 Å². The van der Waals surface area contributed by atoms with Crippen LogP contribution in [0.2, 0.25) is 0 Å². The zero-order valence-electron chi connectivity index (χ0n) is 16.7. The van der Waals surface area contributed by atoms with Crippen LogP contribution in [-0.2, 0) is 9.59 Å². The van der Waals surface area contributed by atoms with Gasteiger partial charge in [0, 0.05) is 36.8 Å². The lowest BCUT2D eigenvalue weighted by molar-refractivity contribution is -0.139. The molecule has 0 radical (unpaired) electrons. The Kier molecular flexibility index (Phi) is 5.94. The molecule has 0 spiro atoms. The summed E-state index contributed by atoms with van der Waals surface area (Å²) < 4.78 is 0. The highest BCUT2D eigenvalue weighted by atomic mass is 16.2. The number of carbonyl (C=O) groups excluding carboxylic acids is 2. The van der Waals surface area contributed by atoms with E-state index in [4.69, 9.17) is 5.73 Å². The minimum Gasteiger partial charge on any atom is -0.369 e. The van der Waals surface area contributed by atoms with Gasteiger partial charge in [0.15, 0.2) is 0 Å². The van der Waals surface area contributed by atoms with Crippen molar-refractivity contribution in [2.75, 3.05) is 32.7 Å². The van der Waals surface area contributed by atoms with Crippen LogP contribution < -0.4 is 5.73 Å². The van der Waals surface area contributed by atoms with Gasteiger partial charge in [0.2, 0.25) is 11.8 Å². The molecule has 1 atom stereocenters. The largest absolute Gasteiger partial charge is 0.369 e. The van der Waals surface area contributed by atoms with Crippen molar-refractivity contribution in [2.45, 2.75) is 31.6 Å². The number of aromatic nitrogens is 2. The fraction of sp³-hybridized carbons (Fsp3) is 0.500. The van der Waals surface area contributed by atoms with Crippen LogP contribution in [0, 0.1) is 5.92 Å². The quantitative estimate of drug-likeness (QED) is 0.809. The van der Waals surface area contributed by atoms with Gasteiger partial charge in [-0.15, -0.1) is 0 Å². The van der Waals surface area contributed by atoms with E-state index in [1.165, 1.54) is 11.3 Å². The third-order valence-corrected chi connectivity index (χ3v) is 6.20. The van der Waals surface area contributed by atoms with E-state index in [1.807, 2.05) is 34.2 Å². The van der Waals surface area contributed by atoms with Gasteiger partial charge in [-0.1, -0.05) is 30.3 Å². The lowest BCUT2D eigenvalue weighted by atomic mass is 9.88. The molecule has 3 N–H and O–H groups in total. The molecule has 2 fully saturated rings. The van der Waals surface area contributed by atoms with Crippen molar-refractivity contribution in [2.24, 2.45) is 11.7 Å². The molecule has 154 valence electrons. The van der Waals surface area contributed by atoms with Crippen molar-refractivity contribution in [3.05, 3.63) is 42.2 Å². The molecule has 1 unspecified atom stereocenters. The van der Waals surface area contributed by atoms with Crippen molar-refractivity contribution >= 4 is 11.8 Å². The van der Waals surface area contributed by atoms with Crippen molar-refractivity contribution in [1.82, 2.24) is 20.0 Å². The van der Waals surface area contributed by atoms with Gasteiger partial charge >= 0.3 is 0 Å². The van der Waals surface area contributed by atoms with Gasteiger partial charge in [-0.3, -0.25) is 19.6 Å². The van der Waals surface area contributed by atoms with Crippen LogP contribution in [0.5, 0.6) is 0 Å². The molecular formula is C22H29N5O2. The molecule has 0 saturated carbocycles. The molecule has 3 heterocycles. The Morgan fingerprint density at radius 3 is 2.59 bits per heavy atom. The average molecular weight is 396 g/mol. The minimum absolute atomic E-state index is 0.0216. The normalized spacial score (nSPS) is 21.2. The zero-order valence-corrected chi connectivity index (χ0v) is 16.7. The second kappa shape index (κ2) is 8.78. The predicted octanol–water partition coefficient (Wildman–Crippen LogP) is 1.98. The molecule has 4 rings (SSSR count). The Hall–Kier alpha value is -2.67. The molecule has 0 aliphatic carbocycles. The Morgan fingerprint density at radius 2 is 1.86 bits per heavy atom. The van der Waals surface area contributed by atoms with Crippen LogP contribution in [0.25, 0.3) is 11.1 Å². The van der Waals surface area contributed by atoms with Crippen LogP contribution in [0.3, 0.4) is 0 Å². The fourth-order valence-corrected chi connectivity index (χ4v) is 4.72. The van der Waals surface area contributed by atoms with E-state index in [2.05, 4.69) is 22.3 Å². The van der Waals surface area contributed by atoms with E-state index in [0.717, 1.165) is 50.9 Å². The summed E-state index contributed by atoms with van der Waals surface area (Å²) in [5.41, 5.74) is 8.82. The Labute approximate surface area is 171 Å². The number of hydrogen-bond donors (Lipinski definition) is 2. The van der Waals surface area contributed by atoms with Gasteiger partial charge < -0.3 is 10.6 Å². The first-order valence-electron chi connectivity index (χ1n) is 10.5. The Morgan fingerprint density at radius 1 is 1.10 bits per heavy atom. The van der Waals surface area contributed by atoms with Crippen molar-refractivity contribution in [3.63, 3.8) is 0 Å². The molecule has 29 heavy (non-hydrogen) atoms. The maximum atomic E-state index is 13.0. The highest BCUT2D eigenvalue weighted by Crippen LogP contribution is 2.34. The van der Waals surface area contributed by atoms with Gasteiger partial charge in [-0.25, -0.2) is 0 Å². The second-order valence-corrected chi connectivity index (χ2v) is 8.20. The first-order chi connectivity index (χ1) is 14.1. The predicted molar refractivity (Wildman–Crippen MR) is 111 cm³/mol. The molecule has 2 saturated heterocycles. The summed E-state index contributed by atoms with van der Waals surface area (Å²) in [5, 5.41) is 7.49. The summed E-state index contributed by atoms with van der Waals surface area (Å²) in [6.07, 6.45) is 5.61. The van der Waals surface area contributed by atoms with Gasteiger partial charge in [-0.05, 0) is 37.8 Å². The Balaban J connectivity index is 1.36. The number of piperidine rings is 2. The number of nitrogens with two attached hydrogens (primary N) is 1. The number of nitrogens with one attached hydrogen (secondary N) is 1. The SMILES string of the molecule is NC(=O)CN1CCCC(C(=O)N2CCC(c3[nH]ncc3-c3ccccc3)CC2)C1. The molecule has 2 amide bonds. The van der Waals surface area contributed by atoms with Crippen molar-refractivity contribution in [3.8, 4) is 11.1 Å². The van der Waals surface area contributed by atoms with Gasteiger partial charge in [0.05, 0.1) is 18.7 Å². The topological polar surface area (TPSA) is 95.3 Å². The van der Waals surface area contributed by atoms with E-state index in [-0.39, 0.29) is 24.3 Å². The number of hydrogen-bond acceptors (Lipinski definition) is 4. The van der Waals surface area contributed by atoms with E-state index >= 15 is 0 Å². The molecule has 1 aromatic heterocycles. The number of aromatic amines is 1. The molecule has 7 nitrogen and oxygen atoms in total. The second-order valence-electron chi connectivity index (χ2n) is 8.20. The summed E-state index contributed by atoms with van der Waals surface area (Å²) >= 11 is 0. The lowest BCUT2D eigenvalue weighted by Crippen LogP contribution is -2.48. The number of H-pyrrole nitrogens is 1. The lowest BCUT2D eigenvalue weighted by Gasteiger charge is -2.37. The number of nitrogens with zero attached hydrogens (tertiary/aromatic N) is 3. The molecule has 7 heteroatoms. The summed E-state index contributed by atoms with van der Waals surface area (Å²) in [5.74, 6) is 0.263. The smallest absolute Gasteiger partial charge is 0.231 e. The molecule has 2 aliphatic heterocycles. The highest BCUT2D eigenvalue weighted by molar-refractivity contribution is 5.80. The van der Waals surface area contributed by atoms with E-state index < -0.39 is 0 Å². The molecular weight excluding hydrogens is 366 g/mol. The van der Waals surface area contributed by atoms with Crippen LogP contribution in [0.1, 0.15) is 37.3 Å². The standard InChI is InChI=1S/C22H29N5O2/c23-20(28)15-26-10-4-7-18(14-26)22(29)27-11-8-17(9-12-27)21-19(13-24-25-21)16-5-2-1-3-6-16/h1-3,5-6,13,17-18H,4,7-12,14-15H2,(H2,23,28)(H,24,25). The van der Waals surface area contributed by atoms with E-state index in [9.17, 15) is 9.59 Å². The first-order valence-corrected chi connectivity index (χ1v) is 10.5. The first kappa shape index (κ1) is 19.6. The number of amides is 2. The maximum Gasteiger partial charge on any atom is 0.231 e. The monoisotopic (exact) mass is 395 g/mol. The third kappa shape index (κ3) is 4.50. The number of benzene rings is 1. The number of rotatable bonds is 5. The number of carbonyl (C=O) groups is 2. The third-order valence-electron chi connectivity index (χ3n) is 6.20. The zero-order chi connectivity index (χ0) is 20.2. The molecule has 2 aliphatic rings.